The number of carbonyl (C=O) groups excluding carboxylic acids is 1. The maximum Gasteiger partial charge on any atom is 0.256 e. The first-order valence-corrected chi connectivity index (χ1v) is 8.95. The smallest absolute Gasteiger partial charge is 0.256 e. The van der Waals surface area contributed by atoms with Crippen LogP contribution in [0.5, 0.6) is 0 Å². The van der Waals surface area contributed by atoms with Gasteiger partial charge in [-0.3, -0.25) is 4.79 Å². The Morgan fingerprint density at radius 1 is 1.04 bits per heavy atom. The molecule has 132 valence electrons. The molecule has 1 heterocycles. The molecule has 1 amide bonds. The molecular weight excluding hydrogens is 359 g/mol. The van der Waals surface area contributed by atoms with Gasteiger partial charge in [-0.05, 0) is 30.7 Å². The molecule has 2 aromatic carbocycles. The van der Waals surface area contributed by atoms with E-state index in [0.29, 0.717) is 36.8 Å². The van der Waals surface area contributed by atoms with Crippen molar-refractivity contribution in [2.75, 3.05) is 31.1 Å². The normalized spacial score (nSPS) is 16.0. The van der Waals surface area contributed by atoms with E-state index >= 15 is 0 Å². The fourth-order valence-electron chi connectivity index (χ4n) is 3.04. The summed E-state index contributed by atoms with van der Waals surface area (Å²) in [5.41, 5.74) is 2.54. The van der Waals surface area contributed by atoms with E-state index in [1.54, 1.807) is 29.2 Å². The summed E-state index contributed by atoms with van der Waals surface area (Å²) in [6.07, 6.45) is -1.23. The summed E-state index contributed by atoms with van der Waals surface area (Å²) in [5.74, 6) is -0.317. The monoisotopic (exact) mass is 378 g/mol. The van der Waals surface area contributed by atoms with E-state index < -0.39 is 6.10 Å². The maximum absolute atomic E-state index is 12.6. The molecule has 0 saturated carbocycles. The fraction of sp³-hybridized carbons (Fsp3) is 0.316. The summed E-state index contributed by atoms with van der Waals surface area (Å²) in [7, 11) is 0. The molecule has 1 saturated heterocycles. The van der Waals surface area contributed by atoms with E-state index in [9.17, 15) is 9.90 Å². The molecule has 2 aromatic rings. The number of aryl methyl sites for hydroxylation is 1. The quantitative estimate of drug-likeness (QED) is 0.885. The third-order valence-electron chi connectivity index (χ3n) is 4.47. The number of amides is 1. The standard InChI is InChI=1S/C19H20Cl2N2O2/c1-13-6-7-17(16(21)12-13)22-8-10-23(11-9-22)19(25)18(24)14-4-2-3-5-15(14)20/h2-7,12,18,24H,8-11H2,1H3. The molecule has 1 unspecified atom stereocenters. The Balaban J connectivity index is 1.65. The van der Waals surface area contributed by atoms with E-state index in [1.165, 1.54) is 0 Å². The van der Waals surface area contributed by atoms with Crippen molar-refractivity contribution >= 4 is 34.8 Å². The minimum absolute atomic E-state index is 0.317. The molecule has 6 heteroatoms. The predicted octanol–water partition coefficient (Wildman–Crippen LogP) is 3.68. The minimum Gasteiger partial charge on any atom is -0.378 e. The number of rotatable bonds is 3. The maximum atomic E-state index is 12.6. The number of benzene rings is 2. The second-order valence-corrected chi connectivity index (χ2v) is 7.01. The van der Waals surface area contributed by atoms with Crippen molar-refractivity contribution in [1.82, 2.24) is 4.90 Å². The van der Waals surface area contributed by atoms with Gasteiger partial charge in [-0.25, -0.2) is 0 Å². The van der Waals surface area contributed by atoms with Gasteiger partial charge in [-0.1, -0.05) is 47.5 Å². The number of hydrogen-bond donors (Lipinski definition) is 1. The lowest BCUT2D eigenvalue weighted by Crippen LogP contribution is -2.50. The van der Waals surface area contributed by atoms with Crippen molar-refractivity contribution in [3.63, 3.8) is 0 Å². The van der Waals surface area contributed by atoms with Gasteiger partial charge in [-0.2, -0.15) is 0 Å². The van der Waals surface area contributed by atoms with Crippen molar-refractivity contribution in [3.8, 4) is 0 Å². The fourth-order valence-corrected chi connectivity index (χ4v) is 3.63. The van der Waals surface area contributed by atoms with Crippen LogP contribution in [0.1, 0.15) is 17.2 Å². The zero-order chi connectivity index (χ0) is 18.0. The van der Waals surface area contributed by atoms with E-state index in [4.69, 9.17) is 23.2 Å². The zero-order valence-corrected chi connectivity index (χ0v) is 15.5. The molecule has 4 nitrogen and oxygen atoms in total. The number of anilines is 1. The van der Waals surface area contributed by atoms with E-state index in [1.807, 2.05) is 25.1 Å². The van der Waals surface area contributed by atoms with Gasteiger partial charge in [0, 0.05) is 36.8 Å². The average molecular weight is 379 g/mol. The molecule has 0 aliphatic carbocycles. The summed E-state index contributed by atoms with van der Waals surface area (Å²) in [6.45, 7) is 4.41. The predicted molar refractivity (Wildman–Crippen MR) is 101 cm³/mol. The van der Waals surface area contributed by atoms with Crippen molar-refractivity contribution in [2.24, 2.45) is 0 Å². The van der Waals surface area contributed by atoms with Crippen molar-refractivity contribution in [1.29, 1.82) is 0 Å². The highest BCUT2D eigenvalue weighted by molar-refractivity contribution is 6.33. The number of hydrogen-bond acceptors (Lipinski definition) is 3. The Labute approximate surface area is 157 Å². The lowest BCUT2D eigenvalue weighted by atomic mass is 10.1. The number of nitrogens with zero attached hydrogens (tertiary/aromatic N) is 2. The number of carbonyl (C=O) groups is 1. The first-order valence-electron chi connectivity index (χ1n) is 8.20. The van der Waals surface area contributed by atoms with Crippen LogP contribution in [0.2, 0.25) is 10.0 Å². The van der Waals surface area contributed by atoms with Crippen LogP contribution >= 0.6 is 23.2 Å². The Morgan fingerprint density at radius 3 is 2.36 bits per heavy atom. The average Bonchev–Trinajstić information content (AvgIpc) is 2.61. The van der Waals surface area contributed by atoms with Crippen LogP contribution in [0.25, 0.3) is 0 Å². The summed E-state index contributed by atoms with van der Waals surface area (Å²) in [6, 6.07) is 12.9. The Bertz CT molecular complexity index is 774. The summed E-state index contributed by atoms with van der Waals surface area (Å²) in [5, 5.41) is 11.5. The zero-order valence-electron chi connectivity index (χ0n) is 14.0. The van der Waals surface area contributed by atoms with Crippen LogP contribution in [0, 0.1) is 6.92 Å². The first kappa shape index (κ1) is 18.1. The molecule has 1 aliphatic heterocycles. The number of aliphatic hydroxyl groups excluding tert-OH is 1. The molecule has 1 N–H and O–H groups in total. The van der Waals surface area contributed by atoms with Crippen LogP contribution in [0.4, 0.5) is 5.69 Å². The van der Waals surface area contributed by atoms with Crippen LogP contribution < -0.4 is 4.90 Å². The first-order chi connectivity index (χ1) is 12.0. The van der Waals surface area contributed by atoms with Gasteiger partial charge in [0.25, 0.3) is 5.91 Å². The van der Waals surface area contributed by atoms with E-state index in [-0.39, 0.29) is 5.91 Å². The highest BCUT2D eigenvalue weighted by Crippen LogP contribution is 2.29. The highest BCUT2D eigenvalue weighted by atomic mass is 35.5. The Hall–Kier alpha value is -1.75. The summed E-state index contributed by atoms with van der Waals surface area (Å²) < 4.78 is 0. The third kappa shape index (κ3) is 3.92. The van der Waals surface area contributed by atoms with E-state index in [2.05, 4.69) is 4.90 Å². The SMILES string of the molecule is Cc1ccc(N2CCN(C(=O)C(O)c3ccccc3Cl)CC2)c(Cl)c1. The van der Waals surface area contributed by atoms with Gasteiger partial charge >= 0.3 is 0 Å². The van der Waals surface area contributed by atoms with Gasteiger partial charge in [0.05, 0.1) is 10.7 Å². The molecule has 0 aromatic heterocycles. The molecule has 0 radical (unpaired) electrons. The summed E-state index contributed by atoms with van der Waals surface area (Å²) >= 11 is 12.4. The molecule has 0 spiro atoms. The molecule has 1 atom stereocenters. The van der Waals surface area contributed by atoms with Crippen LogP contribution in [-0.2, 0) is 4.79 Å². The van der Waals surface area contributed by atoms with Crippen molar-refractivity contribution in [3.05, 3.63) is 63.6 Å². The van der Waals surface area contributed by atoms with Gasteiger partial charge in [-0.15, -0.1) is 0 Å². The third-order valence-corrected chi connectivity index (χ3v) is 5.12. The second kappa shape index (κ2) is 7.65. The van der Waals surface area contributed by atoms with Crippen LogP contribution in [0.3, 0.4) is 0 Å². The molecule has 25 heavy (non-hydrogen) atoms. The molecular formula is C19H20Cl2N2O2. The molecule has 3 rings (SSSR count). The molecule has 1 fully saturated rings. The van der Waals surface area contributed by atoms with Gasteiger partial charge in [0.15, 0.2) is 6.10 Å². The minimum atomic E-state index is -1.23. The number of aliphatic hydroxyl groups is 1. The van der Waals surface area contributed by atoms with Gasteiger partial charge in [0.1, 0.15) is 0 Å². The van der Waals surface area contributed by atoms with Crippen LogP contribution in [0.15, 0.2) is 42.5 Å². The highest BCUT2D eigenvalue weighted by Gasteiger charge is 2.28. The Morgan fingerprint density at radius 2 is 1.72 bits per heavy atom. The lowest BCUT2D eigenvalue weighted by Gasteiger charge is -2.37. The number of halogens is 2. The topological polar surface area (TPSA) is 43.8 Å². The van der Waals surface area contributed by atoms with Crippen molar-refractivity contribution in [2.45, 2.75) is 13.0 Å². The van der Waals surface area contributed by atoms with Crippen LogP contribution in [-0.4, -0.2) is 42.1 Å². The lowest BCUT2D eigenvalue weighted by molar-refractivity contribution is -0.140. The second-order valence-electron chi connectivity index (χ2n) is 6.19. The Kier molecular flexibility index (Phi) is 5.52. The van der Waals surface area contributed by atoms with Crippen molar-refractivity contribution < 1.29 is 9.90 Å². The molecule has 0 bridgehead atoms. The number of piperazine rings is 1. The van der Waals surface area contributed by atoms with Gasteiger partial charge < -0.3 is 14.9 Å². The van der Waals surface area contributed by atoms with Gasteiger partial charge in [0.2, 0.25) is 0 Å². The summed E-state index contributed by atoms with van der Waals surface area (Å²) in [4.78, 5) is 16.4. The molecule has 1 aliphatic rings. The van der Waals surface area contributed by atoms with E-state index in [0.717, 1.165) is 16.3 Å². The largest absolute Gasteiger partial charge is 0.378 e.